The van der Waals surface area contributed by atoms with Crippen LogP contribution in [-0.2, 0) is 13.0 Å². The Balaban J connectivity index is 1.55. The minimum absolute atomic E-state index is 0.820. The molecule has 0 unspecified atom stereocenters. The van der Waals surface area contributed by atoms with E-state index in [1.807, 2.05) is 18.2 Å². The Bertz CT molecular complexity index is 700. The van der Waals surface area contributed by atoms with Crippen molar-refractivity contribution in [3.63, 3.8) is 0 Å². The molecular weight excluding hydrogens is 246 g/mol. The van der Waals surface area contributed by atoms with E-state index in [2.05, 4.69) is 46.8 Å². The maximum atomic E-state index is 5.77. The first-order chi connectivity index (χ1) is 9.83. The molecule has 0 bridgehead atoms. The summed E-state index contributed by atoms with van der Waals surface area (Å²) in [7, 11) is 0. The highest BCUT2D eigenvalue weighted by atomic mass is 14.8. The van der Waals surface area contributed by atoms with E-state index in [0.29, 0.717) is 0 Å². The maximum absolute atomic E-state index is 5.77. The second-order valence-corrected chi connectivity index (χ2v) is 5.03. The smallest absolute Gasteiger partial charge is 0.0456 e. The molecule has 2 aromatic carbocycles. The van der Waals surface area contributed by atoms with Gasteiger partial charge in [-0.2, -0.15) is 0 Å². The van der Waals surface area contributed by atoms with Gasteiger partial charge in [0.25, 0.3) is 0 Å². The highest BCUT2D eigenvalue weighted by Crippen LogP contribution is 2.17. The molecule has 0 radical (unpaired) electrons. The van der Waals surface area contributed by atoms with Crippen LogP contribution in [0.1, 0.15) is 11.1 Å². The van der Waals surface area contributed by atoms with Gasteiger partial charge in [-0.25, -0.2) is 0 Å². The van der Waals surface area contributed by atoms with Gasteiger partial charge in [0.1, 0.15) is 0 Å². The Kier molecular flexibility index (Phi) is 3.70. The molecule has 3 rings (SSSR count). The van der Waals surface area contributed by atoms with Gasteiger partial charge in [0.15, 0.2) is 0 Å². The zero-order valence-electron chi connectivity index (χ0n) is 11.4. The standard InChI is InChI=1S/C17H19N3/c18-15-5-3-4-13(10-15)11-19-9-8-14-12-20-17-7-2-1-6-16(14)17/h1-7,10,12,19-20H,8-9,11,18H2. The van der Waals surface area contributed by atoms with Gasteiger partial charge >= 0.3 is 0 Å². The van der Waals surface area contributed by atoms with Crippen molar-refractivity contribution >= 4 is 16.6 Å². The van der Waals surface area contributed by atoms with E-state index in [9.17, 15) is 0 Å². The van der Waals surface area contributed by atoms with Crippen molar-refractivity contribution < 1.29 is 0 Å². The van der Waals surface area contributed by atoms with Crippen LogP contribution >= 0.6 is 0 Å². The Labute approximate surface area is 118 Å². The van der Waals surface area contributed by atoms with Crippen molar-refractivity contribution in [1.29, 1.82) is 0 Å². The van der Waals surface area contributed by atoms with Crippen LogP contribution in [0.15, 0.2) is 54.7 Å². The molecule has 3 nitrogen and oxygen atoms in total. The van der Waals surface area contributed by atoms with E-state index in [4.69, 9.17) is 5.73 Å². The van der Waals surface area contributed by atoms with E-state index in [1.54, 1.807) is 0 Å². The van der Waals surface area contributed by atoms with Crippen molar-refractivity contribution in [3.8, 4) is 0 Å². The quantitative estimate of drug-likeness (QED) is 0.490. The number of rotatable bonds is 5. The molecule has 1 heterocycles. The van der Waals surface area contributed by atoms with Crippen molar-refractivity contribution in [2.24, 2.45) is 0 Å². The first-order valence-corrected chi connectivity index (χ1v) is 6.93. The summed E-state index contributed by atoms with van der Waals surface area (Å²) in [5, 5.41) is 4.78. The molecule has 3 heteroatoms. The Morgan fingerprint density at radius 1 is 1.05 bits per heavy atom. The first-order valence-electron chi connectivity index (χ1n) is 6.93. The summed E-state index contributed by atoms with van der Waals surface area (Å²) >= 11 is 0. The second-order valence-electron chi connectivity index (χ2n) is 5.03. The number of nitrogen functional groups attached to an aromatic ring is 1. The Morgan fingerprint density at radius 3 is 2.85 bits per heavy atom. The Hall–Kier alpha value is -2.26. The molecule has 4 N–H and O–H groups in total. The summed E-state index contributed by atoms with van der Waals surface area (Å²) in [4.78, 5) is 3.31. The number of anilines is 1. The van der Waals surface area contributed by atoms with Crippen molar-refractivity contribution in [2.75, 3.05) is 12.3 Å². The maximum Gasteiger partial charge on any atom is 0.0456 e. The Morgan fingerprint density at radius 2 is 1.95 bits per heavy atom. The topological polar surface area (TPSA) is 53.8 Å². The summed E-state index contributed by atoms with van der Waals surface area (Å²) in [5.74, 6) is 0. The van der Waals surface area contributed by atoms with Crippen LogP contribution in [0.25, 0.3) is 10.9 Å². The average molecular weight is 265 g/mol. The summed E-state index contributed by atoms with van der Waals surface area (Å²) in [6.45, 7) is 1.81. The zero-order valence-corrected chi connectivity index (χ0v) is 11.4. The molecule has 102 valence electrons. The molecule has 0 aliphatic heterocycles. The second kappa shape index (κ2) is 5.80. The normalized spacial score (nSPS) is 11.0. The van der Waals surface area contributed by atoms with Crippen molar-refractivity contribution in [3.05, 3.63) is 65.9 Å². The van der Waals surface area contributed by atoms with Crippen LogP contribution in [0.4, 0.5) is 5.69 Å². The molecule has 0 aliphatic rings. The van der Waals surface area contributed by atoms with E-state index >= 15 is 0 Å². The molecule has 0 saturated heterocycles. The van der Waals surface area contributed by atoms with Crippen LogP contribution in [0.2, 0.25) is 0 Å². The molecule has 0 fully saturated rings. The lowest BCUT2D eigenvalue weighted by Crippen LogP contribution is -2.16. The van der Waals surface area contributed by atoms with Crippen LogP contribution in [0.3, 0.4) is 0 Å². The van der Waals surface area contributed by atoms with Crippen molar-refractivity contribution in [1.82, 2.24) is 10.3 Å². The lowest BCUT2D eigenvalue weighted by atomic mass is 10.1. The highest BCUT2D eigenvalue weighted by Gasteiger charge is 2.02. The number of nitrogens with one attached hydrogen (secondary N) is 2. The number of H-pyrrole nitrogens is 1. The van der Waals surface area contributed by atoms with Gasteiger partial charge in [-0.15, -0.1) is 0 Å². The molecule has 0 aliphatic carbocycles. The lowest BCUT2D eigenvalue weighted by Gasteiger charge is -2.05. The number of hydrogen-bond acceptors (Lipinski definition) is 2. The van der Waals surface area contributed by atoms with E-state index in [0.717, 1.165) is 25.2 Å². The molecule has 3 aromatic rings. The first kappa shape index (κ1) is 12.8. The third-order valence-corrected chi connectivity index (χ3v) is 3.53. The fraction of sp³-hybridized carbons (Fsp3) is 0.176. The molecule has 0 saturated carbocycles. The molecule has 1 aromatic heterocycles. The fourth-order valence-electron chi connectivity index (χ4n) is 2.50. The zero-order chi connectivity index (χ0) is 13.8. The minimum Gasteiger partial charge on any atom is -0.399 e. The van der Waals surface area contributed by atoms with Crippen LogP contribution in [0.5, 0.6) is 0 Å². The minimum atomic E-state index is 0.820. The highest BCUT2D eigenvalue weighted by molar-refractivity contribution is 5.83. The van der Waals surface area contributed by atoms with Crippen LogP contribution < -0.4 is 11.1 Å². The third kappa shape index (κ3) is 2.83. The predicted octanol–water partition coefficient (Wildman–Crippen LogP) is 3.08. The number of hydrogen-bond donors (Lipinski definition) is 3. The molecule has 0 amide bonds. The summed E-state index contributed by atoms with van der Waals surface area (Å²) in [6, 6.07) is 16.4. The molecule has 0 atom stereocenters. The number of fused-ring (bicyclic) bond motifs is 1. The number of aromatic amines is 1. The van der Waals surface area contributed by atoms with Gasteiger partial charge in [-0.3, -0.25) is 0 Å². The SMILES string of the molecule is Nc1cccc(CNCCc2c[nH]c3ccccc23)c1. The fourth-order valence-corrected chi connectivity index (χ4v) is 2.50. The monoisotopic (exact) mass is 265 g/mol. The van der Waals surface area contributed by atoms with E-state index < -0.39 is 0 Å². The number of para-hydroxylation sites is 1. The molecule has 20 heavy (non-hydrogen) atoms. The number of aromatic nitrogens is 1. The van der Waals surface area contributed by atoms with E-state index in [1.165, 1.54) is 22.0 Å². The molecule has 0 spiro atoms. The van der Waals surface area contributed by atoms with E-state index in [-0.39, 0.29) is 0 Å². The van der Waals surface area contributed by atoms with Gasteiger partial charge in [-0.05, 0) is 42.3 Å². The number of benzene rings is 2. The van der Waals surface area contributed by atoms with Gasteiger partial charge in [0, 0.05) is 29.3 Å². The number of nitrogens with two attached hydrogens (primary N) is 1. The predicted molar refractivity (Wildman–Crippen MR) is 84.6 cm³/mol. The third-order valence-electron chi connectivity index (χ3n) is 3.53. The molecular formula is C17H19N3. The van der Waals surface area contributed by atoms with Crippen LogP contribution in [-0.4, -0.2) is 11.5 Å². The largest absolute Gasteiger partial charge is 0.399 e. The summed E-state index contributed by atoms with van der Waals surface area (Å²) < 4.78 is 0. The van der Waals surface area contributed by atoms with Crippen molar-refractivity contribution in [2.45, 2.75) is 13.0 Å². The van der Waals surface area contributed by atoms with Gasteiger partial charge in [0.2, 0.25) is 0 Å². The van der Waals surface area contributed by atoms with Gasteiger partial charge in [-0.1, -0.05) is 30.3 Å². The van der Waals surface area contributed by atoms with Crippen LogP contribution in [0, 0.1) is 0 Å². The summed E-state index contributed by atoms with van der Waals surface area (Å²) in [6.07, 6.45) is 3.12. The van der Waals surface area contributed by atoms with Gasteiger partial charge < -0.3 is 16.0 Å². The van der Waals surface area contributed by atoms with Gasteiger partial charge in [0.05, 0.1) is 0 Å². The summed E-state index contributed by atoms with van der Waals surface area (Å²) in [5.41, 5.74) is 10.4. The lowest BCUT2D eigenvalue weighted by molar-refractivity contribution is 0.688. The average Bonchev–Trinajstić information content (AvgIpc) is 2.87.